The average molecular weight is 446 g/mol. The molecule has 1 aromatic heterocycles. The van der Waals surface area contributed by atoms with Crippen molar-refractivity contribution in [1.82, 2.24) is 0 Å². The zero-order valence-corrected chi connectivity index (χ0v) is 19.0. The third kappa shape index (κ3) is 4.56. The maximum absolute atomic E-state index is 12.6. The van der Waals surface area contributed by atoms with Crippen LogP contribution in [0.2, 0.25) is 5.02 Å². The molecule has 4 rings (SSSR count). The molecule has 0 aliphatic heterocycles. The molecule has 0 aliphatic rings. The van der Waals surface area contributed by atoms with Gasteiger partial charge in [-0.05, 0) is 50.1 Å². The van der Waals surface area contributed by atoms with Crippen LogP contribution in [-0.4, -0.2) is 12.5 Å². The molecule has 0 atom stereocenters. The van der Waals surface area contributed by atoms with Crippen molar-refractivity contribution < 1.29 is 13.9 Å². The van der Waals surface area contributed by atoms with Crippen LogP contribution in [0.4, 0.5) is 5.69 Å². The minimum absolute atomic E-state index is 0.260. The fraction of sp³-hybridized carbons (Fsp3) is 0.148. The number of allylic oxidation sites excluding steroid dienone is 1. The third-order valence-corrected chi connectivity index (χ3v) is 5.57. The Bertz CT molecular complexity index is 1300. The Kier molecular flexibility index (Phi) is 6.33. The number of hydrogen-bond donors (Lipinski definition) is 1. The van der Waals surface area contributed by atoms with Crippen molar-refractivity contribution >= 4 is 39.7 Å². The first-order valence-electron chi connectivity index (χ1n) is 10.5. The van der Waals surface area contributed by atoms with E-state index in [4.69, 9.17) is 20.8 Å². The SMILES string of the molecule is CCOc1cc2occ(-c3ccc(C)cc3)c2cc1/C(C)=C/C(=O)Nc1ccccc1Cl. The van der Waals surface area contributed by atoms with E-state index in [-0.39, 0.29) is 5.91 Å². The summed E-state index contributed by atoms with van der Waals surface area (Å²) in [6.07, 6.45) is 3.32. The summed E-state index contributed by atoms with van der Waals surface area (Å²) < 4.78 is 11.7. The van der Waals surface area contributed by atoms with Gasteiger partial charge in [0.05, 0.1) is 23.6 Å². The van der Waals surface area contributed by atoms with E-state index < -0.39 is 0 Å². The van der Waals surface area contributed by atoms with Gasteiger partial charge < -0.3 is 14.5 Å². The van der Waals surface area contributed by atoms with Crippen LogP contribution in [0.25, 0.3) is 27.7 Å². The summed E-state index contributed by atoms with van der Waals surface area (Å²) in [7, 11) is 0. The number of halogens is 1. The lowest BCUT2D eigenvalue weighted by Gasteiger charge is -2.12. The maximum atomic E-state index is 12.6. The van der Waals surface area contributed by atoms with E-state index in [0.29, 0.717) is 23.1 Å². The molecule has 32 heavy (non-hydrogen) atoms. The second kappa shape index (κ2) is 9.33. The predicted octanol–water partition coefficient (Wildman–Crippen LogP) is 7.50. The molecule has 5 heteroatoms. The number of rotatable bonds is 6. The summed E-state index contributed by atoms with van der Waals surface area (Å²) in [5, 5.41) is 4.29. The number of carbonyl (C=O) groups excluding carboxylic acids is 1. The molecule has 0 radical (unpaired) electrons. The highest BCUT2D eigenvalue weighted by Gasteiger charge is 2.15. The van der Waals surface area contributed by atoms with E-state index >= 15 is 0 Å². The number of carbonyl (C=O) groups is 1. The fourth-order valence-electron chi connectivity index (χ4n) is 3.60. The molecule has 162 valence electrons. The standard InChI is InChI=1S/C27H24ClNO3/c1-4-31-25-15-26-21(22(16-32-26)19-11-9-17(2)10-12-19)14-20(25)18(3)13-27(30)29-24-8-6-5-7-23(24)28/h5-16H,4H2,1-3H3,(H,29,30)/b18-13+. The van der Waals surface area contributed by atoms with E-state index in [9.17, 15) is 4.79 Å². The summed E-state index contributed by atoms with van der Waals surface area (Å²) in [6.45, 7) is 6.38. The summed E-state index contributed by atoms with van der Waals surface area (Å²) in [6, 6.07) is 19.4. The second-order valence-electron chi connectivity index (χ2n) is 7.59. The Hall–Kier alpha value is -3.50. The number of ether oxygens (including phenoxy) is 1. The number of benzene rings is 3. The minimum Gasteiger partial charge on any atom is -0.493 e. The highest BCUT2D eigenvalue weighted by atomic mass is 35.5. The number of furan rings is 1. The Labute approximate surface area is 192 Å². The van der Waals surface area contributed by atoms with Gasteiger partial charge in [0.25, 0.3) is 0 Å². The first-order valence-corrected chi connectivity index (χ1v) is 10.8. The van der Waals surface area contributed by atoms with Gasteiger partial charge in [-0.3, -0.25) is 4.79 Å². The molecular weight excluding hydrogens is 422 g/mol. The van der Waals surface area contributed by atoms with Crippen molar-refractivity contribution in [2.75, 3.05) is 11.9 Å². The molecule has 0 bridgehead atoms. The Morgan fingerprint density at radius 3 is 2.59 bits per heavy atom. The van der Waals surface area contributed by atoms with Gasteiger partial charge in [-0.2, -0.15) is 0 Å². The number of nitrogens with one attached hydrogen (secondary N) is 1. The number of anilines is 1. The van der Waals surface area contributed by atoms with Crippen molar-refractivity contribution in [3.8, 4) is 16.9 Å². The summed E-state index contributed by atoms with van der Waals surface area (Å²) in [5.74, 6) is 0.410. The van der Waals surface area contributed by atoms with Crippen LogP contribution in [0.1, 0.15) is 25.0 Å². The maximum Gasteiger partial charge on any atom is 0.248 e. The predicted molar refractivity (Wildman–Crippen MR) is 131 cm³/mol. The number of hydrogen-bond acceptors (Lipinski definition) is 3. The second-order valence-corrected chi connectivity index (χ2v) is 8.00. The van der Waals surface area contributed by atoms with Crippen molar-refractivity contribution in [3.05, 3.63) is 89.2 Å². The van der Waals surface area contributed by atoms with E-state index in [1.165, 1.54) is 5.56 Å². The van der Waals surface area contributed by atoms with Crippen molar-refractivity contribution in [2.45, 2.75) is 20.8 Å². The molecule has 0 saturated carbocycles. The van der Waals surface area contributed by atoms with Gasteiger partial charge in [-0.15, -0.1) is 0 Å². The van der Waals surface area contributed by atoms with Gasteiger partial charge in [-0.25, -0.2) is 0 Å². The lowest BCUT2D eigenvalue weighted by Crippen LogP contribution is -2.09. The van der Waals surface area contributed by atoms with Crippen LogP contribution >= 0.6 is 11.6 Å². The smallest absolute Gasteiger partial charge is 0.248 e. The summed E-state index contributed by atoms with van der Waals surface area (Å²) in [5.41, 5.74) is 6.19. The lowest BCUT2D eigenvalue weighted by atomic mass is 9.98. The molecule has 4 aromatic rings. The van der Waals surface area contributed by atoms with Gasteiger partial charge in [0.15, 0.2) is 0 Å². The van der Waals surface area contributed by atoms with Gasteiger partial charge in [0.2, 0.25) is 5.91 Å². The molecule has 3 aromatic carbocycles. The molecule has 0 aliphatic carbocycles. The van der Waals surface area contributed by atoms with Gasteiger partial charge in [0, 0.05) is 28.7 Å². The van der Waals surface area contributed by atoms with Crippen LogP contribution < -0.4 is 10.1 Å². The average Bonchev–Trinajstić information content (AvgIpc) is 3.18. The van der Waals surface area contributed by atoms with Crippen LogP contribution in [-0.2, 0) is 4.79 Å². The molecule has 1 amide bonds. The molecule has 4 nitrogen and oxygen atoms in total. The number of aryl methyl sites for hydroxylation is 1. The first kappa shape index (κ1) is 21.7. The number of fused-ring (bicyclic) bond motifs is 1. The zero-order valence-electron chi connectivity index (χ0n) is 18.2. The van der Waals surface area contributed by atoms with E-state index in [1.54, 1.807) is 24.5 Å². The lowest BCUT2D eigenvalue weighted by molar-refractivity contribution is -0.111. The molecule has 0 unspecified atom stereocenters. The van der Waals surface area contributed by atoms with Crippen LogP contribution in [0.3, 0.4) is 0 Å². The Morgan fingerprint density at radius 1 is 1.12 bits per heavy atom. The molecule has 1 heterocycles. The van der Waals surface area contributed by atoms with E-state index in [2.05, 4.69) is 36.5 Å². The van der Waals surface area contributed by atoms with Crippen LogP contribution in [0.5, 0.6) is 5.75 Å². The normalized spacial score (nSPS) is 11.6. The third-order valence-electron chi connectivity index (χ3n) is 5.24. The molecule has 0 saturated heterocycles. The highest BCUT2D eigenvalue weighted by molar-refractivity contribution is 6.33. The largest absolute Gasteiger partial charge is 0.493 e. The Balaban J connectivity index is 1.73. The fourth-order valence-corrected chi connectivity index (χ4v) is 3.78. The number of amides is 1. The Morgan fingerprint density at radius 2 is 1.88 bits per heavy atom. The van der Waals surface area contributed by atoms with Crippen molar-refractivity contribution in [3.63, 3.8) is 0 Å². The molecule has 0 fully saturated rings. The monoisotopic (exact) mass is 445 g/mol. The zero-order chi connectivity index (χ0) is 22.7. The highest BCUT2D eigenvalue weighted by Crippen LogP contribution is 2.37. The minimum atomic E-state index is -0.260. The van der Waals surface area contributed by atoms with Crippen molar-refractivity contribution in [2.24, 2.45) is 0 Å². The molecular formula is C27H24ClNO3. The van der Waals surface area contributed by atoms with Crippen molar-refractivity contribution in [1.29, 1.82) is 0 Å². The van der Waals surface area contributed by atoms with E-state index in [0.717, 1.165) is 33.2 Å². The van der Waals surface area contributed by atoms with Gasteiger partial charge >= 0.3 is 0 Å². The first-order chi connectivity index (χ1) is 15.5. The van der Waals surface area contributed by atoms with Crippen LogP contribution in [0, 0.1) is 6.92 Å². The van der Waals surface area contributed by atoms with Gasteiger partial charge in [-0.1, -0.05) is 53.6 Å². The topological polar surface area (TPSA) is 51.5 Å². The van der Waals surface area contributed by atoms with Gasteiger partial charge in [0.1, 0.15) is 11.3 Å². The summed E-state index contributed by atoms with van der Waals surface area (Å²) in [4.78, 5) is 12.6. The molecule has 1 N–H and O–H groups in total. The van der Waals surface area contributed by atoms with Crippen LogP contribution in [0.15, 0.2) is 77.4 Å². The quantitative estimate of drug-likeness (QED) is 0.312. The summed E-state index contributed by atoms with van der Waals surface area (Å²) >= 11 is 6.16. The van der Waals surface area contributed by atoms with E-state index in [1.807, 2.05) is 38.1 Å². The molecule has 0 spiro atoms. The number of para-hydroxylation sites is 1.